The molecule has 0 atom stereocenters. The average Bonchev–Trinajstić information content (AvgIpc) is 2.53. The van der Waals surface area contributed by atoms with E-state index >= 15 is 0 Å². The number of rotatable bonds is 5. The molecule has 1 aliphatic rings. The summed E-state index contributed by atoms with van der Waals surface area (Å²) in [6.07, 6.45) is 6.18. The molecule has 114 valence electrons. The fraction of sp³-hybridized carbons (Fsp3) is 0.500. The van der Waals surface area contributed by atoms with Crippen LogP contribution >= 0.6 is 0 Å². The molecular weight excluding hydrogens is 264 g/mol. The van der Waals surface area contributed by atoms with Gasteiger partial charge in [0.1, 0.15) is 0 Å². The van der Waals surface area contributed by atoms with Gasteiger partial charge < -0.3 is 16.4 Å². The molecule has 0 radical (unpaired) electrons. The number of aliphatic imine (C=N–C) groups is 1. The zero-order valence-corrected chi connectivity index (χ0v) is 12.3. The van der Waals surface area contributed by atoms with Crippen LogP contribution in [0.25, 0.3) is 0 Å². The third-order valence-electron chi connectivity index (χ3n) is 3.67. The van der Waals surface area contributed by atoms with Gasteiger partial charge in [-0.05, 0) is 25.0 Å². The topological polar surface area (TPSA) is 79.5 Å². The zero-order valence-electron chi connectivity index (χ0n) is 12.3. The first-order valence-corrected chi connectivity index (χ1v) is 7.65. The third kappa shape index (κ3) is 5.45. The van der Waals surface area contributed by atoms with E-state index in [1.54, 1.807) is 12.1 Å². The average molecular weight is 288 g/mol. The number of carbonyl (C=O) groups is 1. The second kappa shape index (κ2) is 8.29. The summed E-state index contributed by atoms with van der Waals surface area (Å²) in [7, 11) is 0. The van der Waals surface area contributed by atoms with Crippen LogP contribution in [-0.2, 0) is 0 Å². The van der Waals surface area contributed by atoms with Crippen molar-refractivity contribution >= 4 is 11.9 Å². The lowest BCUT2D eigenvalue weighted by Crippen LogP contribution is -2.41. The Hall–Kier alpha value is -2.04. The number of guanidine groups is 1. The van der Waals surface area contributed by atoms with Gasteiger partial charge in [-0.2, -0.15) is 0 Å². The number of benzene rings is 1. The summed E-state index contributed by atoms with van der Waals surface area (Å²) in [6.45, 7) is 0.977. The van der Waals surface area contributed by atoms with E-state index in [9.17, 15) is 4.79 Å². The smallest absolute Gasteiger partial charge is 0.251 e. The first kappa shape index (κ1) is 15.4. The first-order valence-electron chi connectivity index (χ1n) is 7.65. The van der Waals surface area contributed by atoms with E-state index in [0.29, 0.717) is 30.7 Å². The Balaban J connectivity index is 1.66. The normalized spacial score (nSPS) is 16.5. The number of nitrogens with two attached hydrogens (primary N) is 1. The Morgan fingerprint density at radius 3 is 2.62 bits per heavy atom. The van der Waals surface area contributed by atoms with Crippen LogP contribution in [0, 0.1) is 0 Å². The Bertz CT molecular complexity index is 466. The molecule has 4 N–H and O–H groups in total. The maximum Gasteiger partial charge on any atom is 0.251 e. The van der Waals surface area contributed by atoms with Crippen LogP contribution in [0.15, 0.2) is 35.3 Å². The highest BCUT2D eigenvalue weighted by atomic mass is 16.1. The van der Waals surface area contributed by atoms with Gasteiger partial charge >= 0.3 is 0 Å². The molecule has 0 saturated heterocycles. The number of amides is 1. The lowest BCUT2D eigenvalue weighted by Gasteiger charge is -2.23. The Labute approximate surface area is 126 Å². The van der Waals surface area contributed by atoms with Crippen molar-refractivity contribution in [3.63, 3.8) is 0 Å². The number of nitrogens with one attached hydrogen (secondary N) is 2. The first-order chi connectivity index (χ1) is 10.3. The van der Waals surface area contributed by atoms with E-state index in [1.165, 1.54) is 32.1 Å². The summed E-state index contributed by atoms with van der Waals surface area (Å²) >= 11 is 0. The minimum Gasteiger partial charge on any atom is -0.370 e. The molecule has 1 amide bonds. The summed E-state index contributed by atoms with van der Waals surface area (Å²) in [5, 5.41) is 6.08. The molecule has 2 rings (SSSR count). The number of carbonyl (C=O) groups excluding carboxylic acids is 1. The largest absolute Gasteiger partial charge is 0.370 e. The number of hydrogen-bond acceptors (Lipinski definition) is 2. The Kier molecular flexibility index (Phi) is 6.06. The maximum absolute atomic E-state index is 11.8. The van der Waals surface area contributed by atoms with Crippen LogP contribution in [0.3, 0.4) is 0 Å². The molecule has 0 bridgehead atoms. The summed E-state index contributed by atoms with van der Waals surface area (Å²) < 4.78 is 0. The quantitative estimate of drug-likeness (QED) is 0.438. The lowest BCUT2D eigenvalue weighted by atomic mass is 9.96. The molecule has 1 aliphatic carbocycles. The molecule has 21 heavy (non-hydrogen) atoms. The highest BCUT2D eigenvalue weighted by Crippen LogP contribution is 2.16. The van der Waals surface area contributed by atoms with Crippen molar-refractivity contribution in [3.8, 4) is 0 Å². The molecule has 0 spiro atoms. The number of hydrogen-bond donors (Lipinski definition) is 3. The highest BCUT2D eigenvalue weighted by molar-refractivity contribution is 5.94. The van der Waals surface area contributed by atoms with E-state index in [-0.39, 0.29) is 5.91 Å². The van der Waals surface area contributed by atoms with Crippen LogP contribution in [-0.4, -0.2) is 31.0 Å². The van der Waals surface area contributed by atoms with Gasteiger partial charge in [0, 0.05) is 18.2 Å². The van der Waals surface area contributed by atoms with E-state index in [2.05, 4.69) is 15.6 Å². The molecule has 0 unspecified atom stereocenters. The monoisotopic (exact) mass is 288 g/mol. The minimum atomic E-state index is -0.0791. The van der Waals surface area contributed by atoms with Crippen LogP contribution in [0.1, 0.15) is 42.5 Å². The molecule has 1 saturated carbocycles. The highest BCUT2D eigenvalue weighted by Gasteiger charge is 2.13. The summed E-state index contributed by atoms with van der Waals surface area (Å²) in [6, 6.07) is 9.62. The molecule has 1 aromatic rings. The fourth-order valence-corrected chi connectivity index (χ4v) is 2.54. The van der Waals surface area contributed by atoms with Crippen LogP contribution < -0.4 is 16.4 Å². The van der Waals surface area contributed by atoms with Gasteiger partial charge in [0.25, 0.3) is 5.91 Å². The predicted molar refractivity (Wildman–Crippen MR) is 85.3 cm³/mol. The van der Waals surface area contributed by atoms with E-state index in [0.717, 1.165) is 0 Å². The Morgan fingerprint density at radius 1 is 1.19 bits per heavy atom. The molecule has 1 aromatic carbocycles. The van der Waals surface area contributed by atoms with Gasteiger partial charge in [-0.3, -0.25) is 9.79 Å². The molecule has 0 aromatic heterocycles. The van der Waals surface area contributed by atoms with E-state index in [1.807, 2.05) is 18.2 Å². The van der Waals surface area contributed by atoms with Crippen molar-refractivity contribution in [2.75, 3.05) is 13.1 Å². The van der Waals surface area contributed by atoms with Crippen molar-refractivity contribution in [1.29, 1.82) is 0 Å². The van der Waals surface area contributed by atoms with Crippen LogP contribution in [0.2, 0.25) is 0 Å². The molecule has 0 heterocycles. The standard InChI is InChI=1S/C16H24N4O/c17-16(20-14-9-5-2-6-10-14)19-12-11-18-15(21)13-7-3-1-4-8-13/h1,3-4,7-8,14H,2,5-6,9-12H2,(H,18,21)(H3,17,19,20). The summed E-state index contributed by atoms with van der Waals surface area (Å²) in [5.74, 6) is 0.403. The van der Waals surface area contributed by atoms with Gasteiger partial charge in [0.15, 0.2) is 5.96 Å². The van der Waals surface area contributed by atoms with Crippen LogP contribution in [0.5, 0.6) is 0 Å². The second-order valence-electron chi connectivity index (χ2n) is 5.37. The molecule has 1 fully saturated rings. The molecule has 5 heteroatoms. The van der Waals surface area contributed by atoms with Gasteiger partial charge in [-0.1, -0.05) is 37.5 Å². The summed E-state index contributed by atoms with van der Waals surface area (Å²) in [5.41, 5.74) is 6.52. The fourth-order valence-electron chi connectivity index (χ4n) is 2.54. The lowest BCUT2D eigenvalue weighted by molar-refractivity contribution is 0.0955. The SMILES string of the molecule is NC(=NCCNC(=O)c1ccccc1)NC1CCCCC1. The zero-order chi connectivity index (χ0) is 14.9. The third-order valence-corrected chi connectivity index (χ3v) is 3.67. The second-order valence-corrected chi connectivity index (χ2v) is 5.37. The molecular formula is C16H24N4O. The van der Waals surface area contributed by atoms with Gasteiger partial charge in [-0.25, -0.2) is 0 Å². The van der Waals surface area contributed by atoms with Gasteiger partial charge in [0.05, 0.1) is 6.54 Å². The van der Waals surface area contributed by atoms with Gasteiger partial charge in [0.2, 0.25) is 0 Å². The Morgan fingerprint density at radius 2 is 1.90 bits per heavy atom. The van der Waals surface area contributed by atoms with Crippen molar-refractivity contribution in [2.24, 2.45) is 10.7 Å². The van der Waals surface area contributed by atoms with E-state index in [4.69, 9.17) is 5.73 Å². The molecule has 0 aliphatic heterocycles. The van der Waals surface area contributed by atoms with Crippen molar-refractivity contribution in [2.45, 2.75) is 38.1 Å². The maximum atomic E-state index is 11.8. The van der Waals surface area contributed by atoms with Crippen molar-refractivity contribution in [1.82, 2.24) is 10.6 Å². The molecule has 5 nitrogen and oxygen atoms in total. The minimum absolute atomic E-state index is 0.0791. The van der Waals surface area contributed by atoms with Gasteiger partial charge in [-0.15, -0.1) is 0 Å². The number of nitrogens with zero attached hydrogens (tertiary/aromatic N) is 1. The van der Waals surface area contributed by atoms with Crippen molar-refractivity contribution in [3.05, 3.63) is 35.9 Å². The van der Waals surface area contributed by atoms with E-state index < -0.39 is 0 Å². The van der Waals surface area contributed by atoms with Crippen LogP contribution in [0.4, 0.5) is 0 Å². The van der Waals surface area contributed by atoms with Crippen molar-refractivity contribution < 1.29 is 4.79 Å². The summed E-state index contributed by atoms with van der Waals surface area (Å²) in [4.78, 5) is 16.1. The predicted octanol–water partition coefficient (Wildman–Crippen LogP) is 1.65.